The van der Waals surface area contributed by atoms with Gasteiger partial charge in [-0.25, -0.2) is 4.68 Å². The first-order valence-electron chi connectivity index (χ1n) is 4.38. The third-order valence-corrected chi connectivity index (χ3v) is 1.96. The number of hydrogen-bond donors (Lipinski definition) is 0. The van der Waals surface area contributed by atoms with Gasteiger partial charge in [0.15, 0.2) is 5.69 Å². The molecular weight excluding hydrogens is 278 g/mol. The van der Waals surface area contributed by atoms with Crippen molar-refractivity contribution in [1.29, 1.82) is 0 Å². The summed E-state index contributed by atoms with van der Waals surface area (Å²) >= 11 is 0. The molecule has 1 aromatic rings. The highest BCUT2D eigenvalue weighted by atomic mass is 19.4. The van der Waals surface area contributed by atoms with E-state index >= 15 is 0 Å². The lowest BCUT2D eigenvalue weighted by Gasteiger charge is -2.21. The zero-order valence-corrected chi connectivity index (χ0v) is 8.57. The Morgan fingerprint density at radius 2 is 1.50 bits per heavy atom. The van der Waals surface area contributed by atoms with Crippen LogP contribution in [0.5, 0.6) is 0 Å². The van der Waals surface area contributed by atoms with Crippen LogP contribution in [0.2, 0.25) is 0 Å². The van der Waals surface area contributed by atoms with Gasteiger partial charge in [0.2, 0.25) is 0 Å². The summed E-state index contributed by atoms with van der Waals surface area (Å²) in [5, 5.41) is 4.99. The fourth-order valence-corrected chi connectivity index (χ4v) is 1.17. The number of aryl methyl sites for hydroxylation is 1. The van der Waals surface area contributed by atoms with E-state index in [4.69, 9.17) is 0 Å². The molecule has 1 aromatic heterocycles. The van der Waals surface area contributed by atoms with Gasteiger partial charge < -0.3 is 0 Å². The van der Waals surface area contributed by atoms with E-state index in [0.29, 0.717) is 0 Å². The van der Waals surface area contributed by atoms with Gasteiger partial charge in [0, 0.05) is 6.54 Å². The summed E-state index contributed by atoms with van der Waals surface area (Å²) in [5.74, 6) is -5.68. The van der Waals surface area contributed by atoms with E-state index in [0.717, 1.165) is 6.92 Å². The second kappa shape index (κ2) is 4.05. The molecule has 0 spiro atoms. The van der Waals surface area contributed by atoms with Crippen molar-refractivity contribution >= 4 is 0 Å². The van der Waals surface area contributed by atoms with Gasteiger partial charge in [0.25, 0.3) is 0 Å². The van der Waals surface area contributed by atoms with E-state index in [2.05, 4.69) is 10.3 Å². The van der Waals surface area contributed by atoms with Gasteiger partial charge in [-0.05, 0) is 6.92 Å². The molecule has 0 atom stereocenters. The normalized spacial score (nSPS) is 14.1. The molecule has 0 aliphatic heterocycles. The molecule has 104 valence electrons. The van der Waals surface area contributed by atoms with Crippen LogP contribution in [0.1, 0.15) is 18.3 Å². The van der Waals surface area contributed by atoms with Crippen LogP contribution < -0.4 is 0 Å². The average molecular weight is 283 g/mol. The molecule has 0 bridgehead atoms. The van der Waals surface area contributed by atoms with E-state index in [9.17, 15) is 35.1 Å². The summed E-state index contributed by atoms with van der Waals surface area (Å²) in [6.45, 7) is 0.453. The van der Waals surface area contributed by atoms with Crippen LogP contribution in [0.25, 0.3) is 0 Å². The van der Waals surface area contributed by atoms with Crippen molar-refractivity contribution in [3.05, 3.63) is 11.4 Å². The summed E-state index contributed by atoms with van der Waals surface area (Å²) < 4.78 is 99.1. The monoisotopic (exact) mass is 283 g/mol. The predicted octanol–water partition coefficient (Wildman–Crippen LogP) is 2.97. The lowest BCUT2D eigenvalue weighted by molar-refractivity contribution is -0.293. The number of alkyl halides is 8. The minimum atomic E-state index is -6.17. The van der Waals surface area contributed by atoms with Crippen molar-refractivity contribution in [1.82, 2.24) is 15.0 Å². The molecule has 1 rings (SSSR count). The van der Waals surface area contributed by atoms with E-state index in [-0.39, 0.29) is 4.68 Å². The largest absolute Gasteiger partial charge is 0.459 e. The summed E-state index contributed by atoms with van der Waals surface area (Å²) in [5.41, 5.74) is -4.64. The van der Waals surface area contributed by atoms with Crippen LogP contribution in [-0.2, 0) is 18.6 Å². The fraction of sp³-hybridized carbons (Fsp3) is 0.714. The van der Waals surface area contributed by atoms with Crippen molar-refractivity contribution in [2.45, 2.75) is 31.7 Å². The van der Waals surface area contributed by atoms with Crippen molar-refractivity contribution < 1.29 is 35.1 Å². The van der Waals surface area contributed by atoms with Gasteiger partial charge in [0.1, 0.15) is 5.69 Å². The number of hydrogen-bond acceptors (Lipinski definition) is 2. The zero-order valence-electron chi connectivity index (χ0n) is 8.57. The molecule has 0 saturated carbocycles. The molecular formula is C7H5F8N3. The number of aromatic nitrogens is 3. The number of halogens is 8. The first kappa shape index (κ1) is 14.6. The van der Waals surface area contributed by atoms with Crippen molar-refractivity contribution in [3.63, 3.8) is 0 Å². The quantitative estimate of drug-likeness (QED) is 0.781. The fourth-order valence-electron chi connectivity index (χ4n) is 1.17. The van der Waals surface area contributed by atoms with Crippen molar-refractivity contribution in [3.8, 4) is 0 Å². The number of nitrogens with zero attached hydrogens (tertiary/aromatic N) is 3. The third-order valence-electron chi connectivity index (χ3n) is 1.96. The van der Waals surface area contributed by atoms with Gasteiger partial charge in [0.05, 0.1) is 0 Å². The zero-order chi connectivity index (χ0) is 14.4. The standard InChI is InChI=1S/C7H5F8N3/c1-2-18-4(5(8,9)7(13,14)15)3(16-17-18)6(10,11)12/h2H2,1H3. The van der Waals surface area contributed by atoms with Crippen LogP contribution in [0.15, 0.2) is 0 Å². The summed E-state index contributed by atoms with van der Waals surface area (Å²) in [6, 6.07) is 0. The van der Waals surface area contributed by atoms with Crippen molar-refractivity contribution in [2.24, 2.45) is 0 Å². The molecule has 0 aliphatic carbocycles. The predicted molar refractivity (Wildman–Crippen MR) is 40.6 cm³/mol. The lowest BCUT2D eigenvalue weighted by Crippen LogP contribution is -2.37. The summed E-state index contributed by atoms with van der Waals surface area (Å²) in [4.78, 5) is 0. The van der Waals surface area contributed by atoms with Crippen LogP contribution in [0, 0.1) is 0 Å². The minimum Gasteiger partial charge on any atom is -0.243 e. The maximum atomic E-state index is 13.0. The highest BCUT2D eigenvalue weighted by Gasteiger charge is 2.64. The summed E-state index contributed by atoms with van der Waals surface area (Å²) in [7, 11) is 0. The highest BCUT2D eigenvalue weighted by molar-refractivity contribution is 5.21. The van der Waals surface area contributed by atoms with Gasteiger partial charge in [-0.1, -0.05) is 5.21 Å². The average Bonchev–Trinajstić information content (AvgIpc) is 2.58. The first-order valence-corrected chi connectivity index (χ1v) is 4.38. The Kier molecular flexibility index (Phi) is 3.30. The van der Waals surface area contributed by atoms with Gasteiger partial charge in [-0.15, -0.1) is 5.10 Å². The van der Waals surface area contributed by atoms with Crippen LogP contribution in [-0.4, -0.2) is 21.2 Å². The Labute approximate surface area is 94.4 Å². The smallest absolute Gasteiger partial charge is 0.243 e. The van der Waals surface area contributed by atoms with Crippen LogP contribution >= 0.6 is 0 Å². The topological polar surface area (TPSA) is 30.7 Å². The van der Waals surface area contributed by atoms with Gasteiger partial charge in [-0.3, -0.25) is 0 Å². The van der Waals surface area contributed by atoms with Crippen LogP contribution in [0.3, 0.4) is 0 Å². The Morgan fingerprint density at radius 1 is 1.00 bits per heavy atom. The van der Waals surface area contributed by atoms with Gasteiger partial charge >= 0.3 is 18.3 Å². The highest BCUT2D eigenvalue weighted by Crippen LogP contribution is 2.47. The van der Waals surface area contributed by atoms with E-state index in [1.165, 1.54) is 0 Å². The molecule has 0 N–H and O–H groups in total. The van der Waals surface area contributed by atoms with Gasteiger partial charge in [-0.2, -0.15) is 35.1 Å². The molecule has 0 aromatic carbocycles. The molecule has 0 unspecified atom stereocenters. The second-order valence-corrected chi connectivity index (χ2v) is 3.17. The van der Waals surface area contributed by atoms with E-state index < -0.39 is 36.2 Å². The molecule has 0 aliphatic rings. The second-order valence-electron chi connectivity index (χ2n) is 3.17. The van der Waals surface area contributed by atoms with Crippen LogP contribution in [0.4, 0.5) is 35.1 Å². The van der Waals surface area contributed by atoms with Crippen molar-refractivity contribution in [2.75, 3.05) is 0 Å². The Morgan fingerprint density at radius 3 is 1.83 bits per heavy atom. The third kappa shape index (κ3) is 2.25. The first-order chi connectivity index (χ1) is 7.93. The number of rotatable bonds is 2. The van der Waals surface area contributed by atoms with E-state index in [1.807, 2.05) is 0 Å². The Balaban J connectivity index is 3.52. The SMILES string of the molecule is CCn1nnc(C(F)(F)F)c1C(F)(F)C(F)(F)F. The maximum absolute atomic E-state index is 13.0. The molecule has 3 nitrogen and oxygen atoms in total. The molecule has 1 heterocycles. The molecule has 18 heavy (non-hydrogen) atoms. The molecule has 0 saturated heterocycles. The Hall–Kier alpha value is -1.42. The lowest BCUT2D eigenvalue weighted by atomic mass is 10.1. The molecule has 0 amide bonds. The molecule has 0 radical (unpaired) electrons. The van der Waals surface area contributed by atoms with E-state index in [1.54, 1.807) is 0 Å². The molecule has 0 fully saturated rings. The summed E-state index contributed by atoms with van der Waals surface area (Å²) in [6.07, 6.45) is -11.6. The maximum Gasteiger partial charge on any atom is 0.459 e. The Bertz CT molecular complexity index is 429. The molecule has 11 heteroatoms. The minimum absolute atomic E-state index is 0.129.